The highest BCUT2D eigenvalue weighted by Crippen LogP contribution is 2.40. The summed E-state index contributed by atoms with van der Waals surface area (Å²) in [6, 6.07) is 21.9. The van der Waals surface area contributed by atoms with Gasteiger partial charge in [0, 0.05) is 11.8 Å². The van der Waals surface area contributed by atoms with E-state index in [1.165, 1.54) is 5.56 Å². The summed E-state index contributed by atoms with van der Waals surface area (Å²) in [6.07, 6.45) is 0. The first-order chi connectivity index (χ1) is 14.9. The lowest BCUT2D eigenvalue weighted by molar-refractivity contribution is 0.389. The molecule has 4 rings (SSSR count). The van der Waals surface area contributed by atoms with E-state index in [2.05, 4.69) is 19.9 Å². The van der Waals surface area contributed by atoms with Crippen LogP contribution in [0.5, 0.6) is 5.75 Å². The molecule has 0 bridgehead atoms. The van der Waals surface area contributed by atoms with Crippen LogP contribution >= 0.6 is 0 Å². The van der Waals surface area contributed by atoms with Crippen LogP contribution in [0, 0.1) is 18.3 Å². The molecule has 31 heavy (non-hydrogen) atoms. The van der Waals surface area contributed by atoms with Gasteiger partial charge < -0.3 is 15.0 Å². The minimum atomic E-state index is -0.565. The van der Waals surface area contributed by atoms with E-state index in [1.54, 1.807) is 4.57 Å². The zero-order valence-electron chi connectivity index (χ0n) is 17.9. The molecule has 0 aliphatic carbocycles. The van der Waals surface area contributed by atoms with E-state index in [-0.39, 0.29) is 17.0 Å². The molecule has 1 atom stereocenters. The fourth-order valence-corrected chi connectivity index (χ4v) is 4.06. The lowest BCUT2D eigenvalue weighted by atomic mass is 9.83. The van der Waals surface area contributed by atoms with Gasteiger partial charge in [-0.25, -0.2) is 0 Å². The number of ether oxygens (including phenoxy) is 1. The molecule has 2 heterocycles. The number of aromatic nitrogens is 1. The second kappa shape index (κ2) is 8.16. The number of allylic oxidation sites excluding steroid dienone is 1. The standard InChI is InChI=1S/C26H25N3O2/c1-16(2)19-9-11-20(12-10-19)23-21(14-27)25(28)31-22-13-17(3)29(26(30)24(22)23)15-18-7-5-4-6-8-18/h4-13,16,23H,15,28H2,1-3H3. The zero-order chi connectivity index (χ0) is 22.1. The molecule has 156 valence electrons. The van der Waals surface area contributed by atoms with Crippen molar-refractivity contribution in [2.45, 2.75) is 39.2 Å². The molecule has 0 saturated carbocycles. The van der Waals surface area contributed by atoms with E-state index in [0.29, 0.717) is 23.8 Å². The summed E-state index contributed by atoms with van der Waals surface area (Å²) in [4.78, 5) is 13.7. The fraction of sp³-hybridized carbons (Fsp3) is 0.231. The second-order valence-electron chi connectivity index (χ2n) is 8.19. The maximum atomic E-state index is 13.7. The maximum absolute atomic E-state index is 13.7. The molecule has 3 aromatic rings. The van der Waals surface area contributed by atoms with Crippen molar-refractivity contribution in [2.75, 3.05) is 0 Å². The van der Waals surface area contributed by atoms with Gasteiger partial charge in [-0.2, -0.15) is 5.26 Å². The maximum Gasteiger partial charge on any atom is 0.259 e. The van der Waals surface area contributed by atoms with E-state index in [0.717, 1.165) is 16.8 Å². The Bertz CT molecular complexity index is 1250. The average Bonchev–Trinajstić information content (AvgIpc) is 2.76. The Kier molecular flexibility index (Phi) is 5.39. The van der Waals surface area contributed by atoms with Crippen LogP contribution in [0.15, 0.2) is 76.9 Å². The number of hydrogen-bond acceptors (Lipinski definition) is 4. The number of hydrogen-bond donors (Lipinski definition) is 1. The smallest absolute Gasteiger partial charge is 0.259 e. The molecule has 5 heteroatoms. The number of fused-ring (bicyclic) bond motifs is 1. The van der Waals surface area contributed by atoms with Crippen LogP contribution in [0.1, 0.15) is 53.6 Å². The molecule has 1 aliphatic rings. The number of nitrogens with two attached hydrogens (primary N) is 1. The molecular formula is C26H25N3O2. The van der Waals surface area contributed by atoms with Crippen molar-refractivity contribution in [3.63, 3.8) is 0 Å². The van der Waals surface area contributed by atoms with Crippen LogP contribution < -0.4 is 16.0 Å². The summed E-state index contributed by atoms with van der Waals surface area (Å²) in [5.74, 6) is 0.289. The van der Waals surface area contributed by atoms with Crippen molar-refractivity contribution >= 4 is 0 Å². The van der Waals surface area contributed by atoms with Gasteiger partial charge in [0.1, 0.15) is 17.4 Å². The SMILES string of the molecule is Cc1cc2c(c(=O)n1Cc1ccccc1)C(c1ccc(C(C)C)cc1)C(C#N)=C(N)O2. The molecule has 0 saturated heterocycles. The van der Waals surface area contributed by atoms with Crippen LogP contribution in [0.4, 0.5) is 0 Å². The average molecular weight is 412 g/mol. The highest BCUT2D eigenvalue weighted by atomic mass is 16.5. The molecule has 5 nitrogen and oxygen atoms in total. The predicted octanol–water partition coefficient (Wildman–Crippen LogP) is 4.55. The van der Waals surface area contributed by atoms with Crippen LogP contribution in [0.25, 0.3) is 0 Å². The number of aryl methyl sites for hydroxylation is 1. The monoisotopic (exact) mass is 411 g/mol. The van der Waals surface area contributed by atoms with Gasteiger partial charge in [0.25, 0.3) is 5.56 Å². The largest absolute Gasteiger partial charge is 0.440 e. The lowest BCUT2D eigenvalue weighted by Crippen LogP contribution is -2.33. The van der Waals surface area contributed by atoms with Gasteiger partial charge in [-0.1, -0.05) is 68.4 Å². The van der Waals surface area contributed by atoms with Crippen LogP contribution in [0.3, 0.4) is 0 Å². The van der Waals surface area contributed by atoms with Crippen molar-refractivity contribution in [1.29, 1.82) is 5.26 Å². The third kappa shape index (κ3) is 3.73. The summed E-state index contributed by atoms with van der Waals surface area (Å²) in [6.45, 7) is 6.57. The van der Waals surface area contributed by atoms with Gasteiger partial charge in [-0.3, -0.25) is 4.79 Å². The van der Waals surface area contributed by atoms with Crippen molar-refractivity contribution in [3.05, 3.63) is 110 Å². The highest BCUT2D eigenvalue weighted by molar-refractivity contribution is 5.55. The van der Waals surface area contributed by atoms with Crippen LogP contribution in [0.2, 0.25) is 0 Å². The summed E-state index contributed by atoms with van der Waals surface area (Å²) in [7, 11) is 0. The van der Waals surface area contributed by atoms with Crippen molar-refractivity contribution < 1.29 is 4.74 Å². The quantitative estimate of drug-likeness (QED) is 0.683. The van der Waals surface area contributed by atoms with E-state index < -0.39 is 5.92 Å². The first-order valence-corrected chi connectivity index (χ1v) is 10.4. The molecule has 2 N–H and O–H groups in total. The summed E-state index contributed by atoms with van der Waals surface area (Å²) in [5.41, 5.74) is 10.5. The highest BCUT2D eigenvalue weighted by Gasteiger charge is 2.34. The molecule has 0 amide bonds. The van der Waals surface area contributed by atoms with Gasteiger partial charge in [-0.15, -0.1) is 0 Å². The number of nitriles is 1. The minimum absolute atomic E-state index is 0.0487. The van der Waals surface area contributed by atoms with E-state index in [9.17, 15) is 10.1 Å². The third-order valence-electron chi connectivity index (χ3n) is 5.81. The number of rotatable bonds is 4. The molecule has 1 aliphatic heterocycles. The Hall–Kier alpha value is -3.78. The molecule has 0 fully saturated rings. The van der Waals surface area contributed by atoms with E-state index >= 15 is 0 Å². The Morgan fingerprint density at radius 3 is 2.42 bits per heavy atom. The number of benzene rings is 2. The Balaban J connectivity index is 1.89. The zero-order valence-corrected chi connectivity index (χ0v) is 17.9. The van der Waals surface area contributed by atoms with E-state index in [1.807, 2.05) is 67.6 Å². The van der Waals surface area contributed by atoms with E-state index in [4.69, 9.17) is 10.5 Å². The Morgan fingerprint density at radius 1 is 1.13 bits per heavy atom. The number of pyridine rings is 1. The second-order valence-corrected chi connectivity index (χ2v) is 8.19. The summed E-state index contributed by atoms with van der Waals surface area (Å²) in [5, 5.41) is 9.83. The van der Waals surface area contributed by atoms with Crippen molar-refractivity contribution in [2.24, 2.45) is 5.73 Å². The van der Waals surface area contributed by atoms with Crippen molar-refractivity contribution in [1.82, 2.24) is 4.57 Å². The fourth-order valence-electron chi connectivity index (χ4n) is 4.06. The van der Waals surface area contributed by atoms with Crippen molar-refractivity contribution in [3.8, 4) is 11.8 Å². The minimum Gasteiger partial charge on any atom is -0.440 e. The van der Waals surface area contributed by atoms with Gasteiger partial charge in [0.15, 0.2) is 0 Å². The van der Waals surface area contributed by atoms with Crippen LogP contribution in [-0.2, 0) is 6.54 Å². The predicted molar refractivity (Wildman–Crippen MR) is 121 cm³/mol. The molecule has 1 unspecified atom stereocenters. The lowest BCUT2D eigenvalue weighted by Gasteiger charge is -2.27. The topological polar surface area (TPSA) is 81.0 Å². The van der Waals surface area contributed by atoms with Gasteiger partial charge in [0.2, 0.25) is 5.88 Å². The first kappa shape index (κ1) is 20.5. The van der Waals surface area contributed by atoms with Gasteiger partial charge in [-0.05, 0) is 29.5 Å². The van der Waals surface area contributed by atoms with Gasteiger partial charge >= 0.3 is 0 Å². The molecule has 2 aromatic carbocycles. The normalized spacial score (nSPS) is 15.4. The summed E-state index contributed by atoms with van der Waals surface area (Å²) >= 11 is 0. The molecule has 1 aromatic heterocycles. The Morgan fingerprint density at radius 2 is 1.81 bits per heavy atom. The first-order valence-electron chi connectivity index (χ1n) is 10.4. The van der Waals surface area contributed by atoms with Crippen LogP contribution in [-0.4, -0.2) is 4.57 Å². The Labute approximate surface area is 182 Å². The molecular weight excluding hydrogens is 386 g/mol. The molecule has 0 spiro atoms. The van der Waals surface area contributed by atoms with Gasteiger partial charge in [0.05, 0.1) is 18.0 Å². The number of nitrogens with zero attached hydrogens (tertiary/aromatic N) is 2. The third-order valence-corrected chi connectivity index (χ3v) is 5.81. The summed E-state index contributed by atoms with van der Waals surface area (Å²) < 4.78 is 7.46. The molecule has 0 radical (unpaired) electrons.